The van der Waals surface area contributed by atoms with Crippen LogP contribution in [0, 0.1) is 11.3 Å². The van der Waals surface area contributed by atoms with Gasteiger partial charge in [-0.25, -0.2) is 0 Å². The van der Waals surface area contributed by atoms with Gasteiger partial charge in [0.2, 0.25) is 0 Å². The molecule has 0 radical (unpaired) electrons. The quantitative estimate of drug-likeness (QED) is 0.794. The number of likely N-dealkylation sites (N-methyl/N-ethyl adjacent to an activating group) is 1. The summed E-state index contributed by atoms with van der Waals surface area (Å²) in [5.74, 6) is 0.521. The van der Waals surface area contributed by atoms with Gasteiger partial charge in [-0.15, -0.1) is 0 Å². The predicted octanol–water partition coefficient (Wildman–Crippen LogP) is 1.49. The Morgan fingerprint density at radius 3 is 2.79 bits per heavy atom. The fraction of sp³-hybridized carbons (Fsp3) is 1.00. The molecule has 0 spiro atoms. The zero-order chi connectivity index (χ0) is 14.1. The maximum atomic E-state index is 6.82. The van der Waals surface area contributed by atoms with E-state index in [0.29, 0.717) is 12.0 Å². The van der Waals surface area contributed by atoms with Crippen LogP contribution >= 0.6 is 0 Å². The lowest BCUT2D eigenvalue weighted by Crippen LogP contribution is -2.80. The summed E-state index contributed by atoms with van der Waals surface area (Å²) in [6.45, 7) is 11.3. The number of rotatable bonds is 6. The second kappa shape index (κ2) is 5.68. The molecule has 2 aliphatic rings. The van der Waals surface area contributed by atoms with Crippen molar-refractivity contribution in [3.05, 3.63) is 0 Å². The Labute approximate surface area is 117 Å². The molecule has 0 amide bonds. The highest BCUT2D eigenvalue weighted by molar-refractivity contribution is 5.20. The predicted molar refractivity (Wildman–Crippen MR) is 77.2 cm³/mol. The molecule has 1 saturated heterocycles. The minimum Gasteiger partial charge on any atom is -0.383 e. The summed E-state index contributed by atoms with van der Waals surface area (Å²) in [6.07, 6.45) is 2.72. The first-order valence-corrected chi connectivity index (χ1v) is 7.59. The minimum atomic E-state index is -0.123. The fourth-order valence-electron chi connectivity index (χ4n) is 3.93. The molecule has 112 valence electrons. The molecule has 1 saturated carbocycles. The maximum absolute atomic E-state index is 6.82. The zero-order valence-corrected chi connectivity index (χ0v) is 12.9. The Hall–Kier alpha value is -0.160. The molecule has 4 nitrogen and oxygen atoms in total. The van der Waals surface area contributed by atoms with Crippen LogP contribution in [-0.4, -0.2) is 56.5 Å². The van der Waals surface area contributed by atoms with E-state index in [4.69, 9.17) is 15.2 Å². The van der Waals surface area contributed by atoms with Crippen molar-refractivity contribution >= 4 is 0 Å². The highest BCUT2D eigenvalue weighted by atomic mass is 16.5. The molecule has 0 aromatic carbocycles. The summed E-state index contributed by atoms with van der Waals surface area (Å²) in [6, 6.07) is 0. The van der Waals surface area contributed by atoms with E-state index in [1.807, 2.05) is 0 Å². The van der Waals surface area contributed by atoms with Crippen LogP contribution < -0.4 is 5.73 Å². The number of hydrogen-bond acceptors (Lipinski definition) is 4. The van der Waals surface area contributed by atoms with Crippen molar-refractivity contribution in [3.63, 3.8) is 0 Å². The Bertz CT molecular complexity index is 309. The molecular weight excluding hydrogens is 240 g/mol. The van der Waals surface area contributed by atoms with Crippen LogP contribution in [0.3, 0.4) is 0 Å². The van der Waals surface area contributed by atoms with Crippen molar-refractivity contribution in [2.75, 3.05) is 40.0 Å². The average Bonchev–Trinajstić information content (AvgIpc) is 2.43. The normalized spacial score (nSPS) is 36.9. The van der Waals surface area contributed by atoms with E-state index in [-0.39, 0.29) is 11.0 Å². The summed E-state index contributed by atoms with van der Waals surface area (Å²) >= 11 is 0. The van der Waals surface area contributed by atoms with Gasteiger partial charge in [-0.2, -0.15) is 0 Å². The number of fused-ring (bicyclic) bond motifs is 1. The third kappa shape index (κ3) is 2.44. The van der Waals surface area contributed by atoms with E-state index in [1.54, 1.807) is 7.11 Å². The van der Waals surface area contributed by atoms with Gasteiger partial charge < -0.3 is 15.2 Å². The average molecular weight is 270 g/mol. The Balaban J connectivity index is 2.03. The van der Waals surface area contributed by atoms with Crippen molar-refractivity contribution in [2.45, 2.75) is 45.3 Å². The van der Waals surface area contributed by atoms with Crippen LogP contribution in [0.1, 0.15) is 33.6 Å². The van der Waals surface area contributed by atoms with Gasteiger partial charge in [0.25, 0.3) is 0 Å². The number of nitrogens with two attached hydrogens (primary N) is 1. The molecule has 2 N–H and O–H groups in total. The number of nitrogens with zero attached hydrogens (tertiary/aromatic N) is 1. The van der Waals surface area contributed by atoms with E-state index >= 15 is 0 Å². The number of hydrogen-bond donors (Lipinski definition) is 1. The second-order valence-corrected chi connectivity index (χ2v) is 6.66. The van der Waals surface area contributed by atoms with Crippen LogP contribution in [0.25, 0.3) is 0 Å². The Morgan fingerprint density at radius 1 is 1.42 bits per heavy atom. The summed E-state index contributed by atoms with van der Waals surface area (Å²) in [7, 11) is 1.75. The highest BCUT2D eigenvalue weighted by Gasteiger charge is 2.66. The van der Waals surface area contributed by atoms with Crippen LogP contribution in [0.5, 0.6) is 0 Å². The molecule has 0 aromatic rings. The van der Waals surface area contributed by atoms with Crippen LogP contribution in [0.4, 0.5) is 0 Å². The lowest BCUT2D eigenvalue weighted by molar-refractivity contribution is -0.232. The first-order chi connectivity index (χ1) is 8.97. The van der Waals surface area contributed by atoms with E-state index in [2.05, 4.69) is 25.7 Å². The van der Waals surface area contributed by atoms with Crippen molar-refractivity contribution in [3.8, 4) is 0 Å². The molecular formula is C15H30N2O2. The molecule has 0 aromatic heterocycles. The van der Waals surface area contributed by atoms with Crippen molar-refractivity contribution in [1.82, 2.24) is 4.90 Å². The minimum absolute atomic E-state index is 0.0680. The molecule has 1 aliphatic carbocycles. The monoisotopic (exact) mass is 270 g/mol. The molecule has 3 unspecified atom stereocenters. The first-order valence-electron chi connectivity index (χ1n) is 7.59. The first kappa shape index (κ1) is 15.2. The van der Waals surface area contributed by atoms with Crippen molar-refractivity contribution in [2.24, 2.45) is 17.1 Å². The molecule has 1 aliphatic heterocycles. The third-order valence-corrected chi connectivity index (χ3v) is 5.44. The smallest absolute Gasteiger partial charge is 0.0690 e. The third-order valence-electron chi connectivity index (χ3n) is 5.44. The van der Waals surface area contributed by atoms with Gasteiger partial charge >= 0.3 is 0 Å². The van der Waals surface area contributed by atoms with Crippen LogP contribution in [-0.2, 0) is 9.47 Å². The molecule has 0 bridgehead atoms. The Kier molecular flexibility index (Phi) is 4.56. The molecule has 19 heavy (non-hydrogen) atoms. The summed E-state index contributed by atoms with van der Waals surface area (Å²) in [5, 5.41) is 0. The summed E-state index contributed by atoms with van der Waals surface area (Å²) in [5.41, 5.74) is 6.77. The van der Waals surface area contributed by atoms with E-state index < -0.39 is 0 Å². The van der Waals surface area contributed by atoms with Crippen LogP contribution in [0.15, 0.2) is 0 Å². The summed E-state index contributed by atoms with van der Waals surface area (Å²) in [4.78, 5) is 2.41. The van der Waals surface area contributed by atoms with E-state index in [9.17, 15) is 0 Å². The molecule has 3 atom stereocenters. The van der Waals surface area contributed by atoms with Gasteiger partial charge in [-0.1, -0.05) is 20.8 Å². The second-order valence-electron chi connectivity index (χ2n) is 6.66. The Morgan fingerprint density at radius 2 is 2.16 bits per heavy atom. The van der Waals surface area contributed by atoms with Gasteiger partial charge in [0.15, 0.2) is 0 Å². The van der Waals surface area contributed by atoms with Gasteiger partial charge in [0.05, 0.1) is 12.7 Å². The lowest BCUT2D eigenvalue weighted by atomic mass is 9.46. The molecule has 2 rings (SSSR count). The molecule has 2 fully saturated rings. The van der Waals surface area contributed by atoms with Gasteiger partial charge in [-0.3, -0.25) is 4.90 Å². The molecule has 4 heteroatoms. The number of methoxy groups -OCH3 is 1. The highest BCUT2D eigenvalue weighted by Crippen LogP contribution is 2.57. The van der Waals surface area contributed by atoms with E-state index in [1.165, 1.54) is 6.42 Å². The SMILES string of the molecule is CCN(CCOC)CC1(N)C2CCCOC2C1(C)C. The van der Waals surface area contributed by atoms with Gasteiger partial charge in [0.1, 0.15) is 0 Å². The fourth-order valence-corrected chi connectivity index (χ4v) is 3.93. The van der Waals surface area contributed by atoms with Crippen molar-refractivity contribution < 1.29 is 9.47 Å². The van der Waals surface area contributed by atoms with Crippen molar-refractivity contribution in [1.29, 1.82) is 0 Å². The van der Waals surface area contributed by atoms with E-state index in [0.717, 1.165) is 39.3 Å². The number of ether oxygens (including phenoxy) is 2. The lowest BCUT2D eigenvalue weighted by Gasteiger charge is -2.67. The van der Waals surface area contributed by atoms with Crippen LogP contribution in [0.2, 0.25) is 0 Å². The standard InChI is InChI=1S/C15H30N2O2/c1-5-17(8-10-18-4)11-15(16)12-7-6-9-19-13(12)14(15,2)3/h12-13H,5-11,16H2,1-4H3. The maximum Gasteiger partial charge on any atom is 0.0690 e. The zero-order valence-electron chi connectivity index (χ0n) is 12.9. The molecule has 1 heterocycles. The summed E-state index contributed by atoms with van der Waals surface area (Å²) < 4.78 is 11.2. The largest absolute Gasteiger partial charge is 0.383 e. The van der Waals surface area contributed by atoms with Gasteiger partial charge in [-0.05, 0) is 19.4 Å². The van der Waals surface area contributed by atoms with Gasteiger partial charge in [0, 0.05) is 43.7 Å². The topological polar surface area (TPSA) is 47.7 Å².